The third-order valence-electron chi connectivity index (χ3n) is 7.02. The summed E-state index contributed by atoms with van der Waals surface area (Å²) in [5, 5.41) is 15.1. The quantitative estimate of drug-likeness (QED) is 0.547. The van der Waals surface area contributed by atoms with Gasteiger partial charge in [-0.1, -0.05) is 30.3 Å². The van der Waals surface area contributed by atoms with Gasteiger partial charge in [0.25, 0.3) is 0 Å². The Kier molecular flexibility index (Phi) is 7.60. The fourth-order valence-corrected chi connectivity index (χ4v) is 5.26. The zero-order valence-electron chi connectivity index (χ0n) is 18.9. The van der Waals surface area contributed by atoms with Crippen LogP contribution in [0.3, 0.4) is 0 Å². The number of carboxylic acids is 1. The van der Waals surface area contributed by atoms with Crippen molar-refractivity contribution in [1.29, 1.82) is 0 Å². The zero-order chi connectivity index (χ0) is 23.4. The van der Waals surface area contributed by atoms with Gasteiger partial charge < -0.3 is 20.5 Å². The number of benzene rings is 2. The molecule has 2 atom stereocenters. The summed E-state index contributed by atoms with van der Waals surface area (Å²) in [5.74, 6) is -1.93. The highest BCUT2D eigenvalue weighted by Gasteiger charge is 2.32. The fourth-order valence-electron chi connectivity index (χ4n) is 5.26. The summed E-state index contributed by atoms with van der Waals surface area (Å²) >= 11 is 0. The van der Waals surface area contributed by atoms with E-state index in [0.717, 1.165) is 32.2 Å². The molecule has 0 radical (unpaired) electrons. The van der Waals surface area contributed by atoms with E-state index in [1.807, 2.05) is 7.05 Å². The molecular weight excluding hydrogens is 426 g/mol. The lowest BCUT2D eigenvalue weighted by atomic mass is 9.75. The van der Waals surface area contributed by atoms with Crippen molar-refractivity contribution in [2.45, 2.75) is 63.1 Å². The van der Waals surface area contributed by atoms with Gasteiger partial charge in [-0.05, 0) is 73.7 Å². The number of nitrogens with one attached hydrogen (secondary N) is 2. The maximum atomic E-state index is 15.2. The van der Waals surface area contributed by atoms with Crippen molar-refractivity contribution >= 4 is 5.97 Å². The molecule has 2 fully saturated rings. The second-order valence-corrected chi connectivity index (χ2v) is 9.28. The van der Waals surface area contributed by atoms with E-state index in [1.165, 1.54) is 23.3 Å². The molecule has 1 saturated carbocycles. The predicted molar refractivity (Wildman–Crippen MR) is 122 cm³/mol. The Morgan fingerprint density at radius 3 is 2.58 bits per heavy atom. The van der Waals surface area contributed by atoms with Crippen LogP contribution in [0.1, 0.15) is 54.7 Å². The highest BCUT2D eigenvalue weighted by Crippen LogP contribution is 2.39. The van der Waals surface area contributed by atoms with Crippen LogP contribution in [-0.4, -0.2) is 36.8 Å². The number of halogens is 2. The lowest BCUT2D eigenvalue weighted by Crippen LogP contribution is -2.30. The second-order valence-electron chi connectivity index (χ2n) is 9.28. The topological polar surface area (TPSA) is 70.6 Å². The largest absolute Gasteiger partial charge is 0.483 e. The average molecular weight is 459 g/mol. The average Bonchev–Trinajstić information content (AvgIpc) is 3.29. The number of carboxylic acid groups (broad SMARTS) is 1. The van der Waals surface area contributed by atoms with E-state index >= 15 is 4.39 Å². The van der Waals surface area contributed by atoms with Gasteiger partial charge in [-0.2, -0.15) is 0 Å². The van der Waals surface area contributed by atoms with E-state index in [2.05, 4.69) is 34.9 Å². The van der Waals surface area contributed by atoms with Gasteiger partial charge in [-0.15, -0.1) is 0 Å². The van der Waals surface area contributed by atoms with Crippen LogP contribution in [0.5, 0.6) is 5.75 Å². The van der Waals surface area contributed by atoms with Gasteiger partial charge in [0.1, 0.15) is 12.1 Å². The van der Waals surface area contributed by atoms with Gasteiger partial charge >= 0.3 is 5.97 Å². The van der Waals surface area contributed by atoms with Gasteiger partial charge in [-0.3, -0.25) is 4.79 Å². The summed E-state index contributed by atoms with van der Waals surface area (Å²) < 4.78 is 35.1. The molecular formula is C26H32F2N2O3. The number of rotatable bonds is 8. The first-order valence-electron chi connectivity index (χ1n) is 11.8. The Bertz CT molecular complexity index is 976. The Morgan fingerprint density at radius 2 is 1.88 bits per heavy atom. The van der Waals surface area contributed by atoms with Crippen molar-refractivity contribution in [1.82, 2.24) is 10.6 Å². The van der Waals surface area contributed by atoms with Crippen molar-refractivity contribution < 1.29 is 23.4 Å². The van der Waals surface area contributed by atoms with Crippen LogP contribution in [0, 0.1) is 17.6 Å². The molecule has 1 aliphatic heterocycles. The van der Waals surface area contributed by atoms with E-state index < -0.39 is 29.7 Å². The Hall–Kier alpha value is -2.51. The lowest BCUT2D eigenvalue weighted by Gasteiger charge is -2.30. The SMILES string of the molecule is CNCc1ccccc1C1CCC(Cc2ccc(F)c(O[C@@H]3CN[C@H](C(=O)O)C3)c2F)CC1. The first-order valence-corrected chi connectivity index (χ1v) is 11.8. The number of aliphatic carboxylic acids is 1. The number of ether oxygens (including phenoxy) is 1. The molecule has 2 aliphatic rings. The van der Waals surface area contributed by atoms with E-state index in [1.54, 1.807) is 0 Å². The molecule has 4 rings (SSSR count). The summed E-state index contributed by atoms with van der Waals surface area (Å²) in [7, 11) is 1.95. The molecule has 5 nitrogen and oxygen atoms in total. The van der Waals surface area contributed by atoms with Crippen LogP contribution in [0.2, 0.25) is 0 Å². The maximum absolute atomic E-state index is 15.2. The van der Waals surface area contributed by atoms with Gasteiger partial charge in [0, 0.05) is 19.5 Å². The van der Waals surface area contributed by atoms with E-state index in [4.69, 9.17) is 9.84 Å². The first-order chi connectivity index (χ1) is 16.0. The van der Waals surface area contributed by atoms with Crippen molar-refractivity contribution in [3.05, 3.63) is 64.7 Å². The summed E-state index contributed by atoms with van der Waals surface area (Å²) in [6.45, 7) is 1.10. The molecule has 0 spiro atoms. The van der Waals surface area contributed by atoms with Gasteiger partial charge in [0.15, 0.2) is 17.4 Å². The predicted octanol–water partition coefficient (Wildman–Crippen LogP) is 4.39. The van der Waals surface area contributed by atoms with Crippen LogP contribution in [0.15, 0.2) is 36.4 Å². The minimum Gasteiger partial charge on any atom is -0.483 e. The summed E-state index contributed by atoms with van der Waals surface area (Å²) in [6.07, 6.45) is 4.27. The maximum Gasteiger partial charge on any atom is 0.320 e. The molecule has 3 N–H and O–H groups in total. The van der Waals surface area contributed by atoms with Crippen LogP contribution in [-0.2, 0) is 17.8 Å². The van der Waals surface area contributed by atoms with Crippen LogP contribution >= 0.6 is 0 Å². The van der Waals surface area contributed by atoms with Gasteiger partial charge in [0.2, 0.25) is 0 Å². The van der Waals surface area contributed by atoms with Crippen LogP contribution in [0.4, 0.5) is 8.78 Å². The van der Waals surface area contributed by atoms with Gasteiger partial charge in [-0.25, -0.2) is 8.78 Å². The minimum atomic E-state index is -0.986. The Morgan fingerprint density at radius 1 is 1.12 bits per heavy atom. The minimum absolute atomic E-state index is 0.178. The highest BCUT2D eigenvalue weighted by molar-refractivity contribution is 5.73. The zero-order valence-corrected chi connectivity index (χ0v) is 18.9. The van der Waals surface area contributed by atoms with Crippen molar-refractivity contribution in [3.63, 3.8) is 0 Å². The Labute approximate surface area is 193 Å². The molecule has 1 saturated heterocycles. The second kappa shape index (κ2) is 10.6. The standard InChI is InChI=1S/C26H32F2N2O3/c1-29-14-19-4-2-3-5-21(19)17-8-6-16(7-9-17)12-18-10-11-22(27)25(24(18)28)33-20-13-23(26(31)32)30-15-20/h2-5,10-11,16-17,20,23,29-30H,6-9,12-15H2,1H3,(H,31,32)/t16?,17?,20-,23-/m0/s1. The summed E-state index contributed by atoms with van der Waals surface area (Å²) in [6, 6.07) is 10.6. The van der Waals surface area contributed by atoms with Crippen molar-refractivity contribution in [2.75, 3.05) is 13.6 Å². The van der Waals surface area contributed by atoms with Crippen molar-refractivity contribution in [2.24, 2.45) is 5.92 Å². The monoisotopic (exact) mass is 458 g/mol. The fraction of sp³-hybridized carbons (Fsp3) is 0.500. The van der Waals surface area contributed by atoms with Crippen molar-refractivity contribution in [3.8, 4) is 5.75 Å². The molecule has 0 amide bonds. The number of carbonyl (C=O) groups is 1. The summed E-state index contributed by atoms with van der Waals surface area (Å²) in [5.41, 5.74) is 3.20. The third-order valence-corrected chi connectivity index (χ3v) is 7.02. The molecule has 2 aromatic rings. The first kappa shape index (κ1) is 23.6. The normalized spacial score (nSPS) is 25.2. The Balaban J connectivity index is 1.38. The van der Waals surface area contributed by atoms with Gasteiger partial charge in [0.05, 0.1) is 0 Å². The molecule has 2 aromatic carbocycles. The van der Waals surface area contributed by atoms with E-state index in [-0.39, 0.29) is 18.7 Å². The smallest absolute Gasteiger partial charge is 0.320 e. The summed E-state index contributed by atoms with van der Waals surface area (Å²) in [4.78, 5) is 11.1. The number of hydrogen-bond acceptors (Lipinski definition) is 4. The molecule has 0 unspecified atom stereocenters. The van der Waals surface area contributed by atoms with E-state index in [0.29, 0.717) is 23.8 Å². The molecule has 0 aromatic heterocycles. The molecule has 33 heavy (non-hydrogen) atoms. The third kappa shape index (κ3) is 5.53. The highest BCUT2D eigenvalue weighted by atomic mass is 19.1. The molecule has 1 heterocycles. The molecule has 0 bridgehead atoms. The van der Waals surface area contributed by atoms with Crippen LogP contribution < -0.4 is 15.4 Å². The lowest BCUT2D eigenvalue weighted by molar-refractivity contribution is -0.139. The number of hydrogen-bond donors (Lipinski definition) is 3. The molecule has 1 aliphatic carbocycles. The molecule has 178 valence electrons. The molecule has 7 heteroatoms. The van der Waals surface area contributed by atoms with Crippen LogP contribution in [0.25, 0.3) is 0 Å². The van der Waals surface area contributed by atoms with E-state index in [9.17, 15) is 9.18 Å².